The topological polar surface area (TPSA) is 166 Å². The largest absolute Gasteiger partial charge is 0.479 e. The lowest BCUT2D eigenvalue weighted by atomic mass is 9.95. The number of aryl methyl sites for hydroxylation is 1. The lowest BCUT2D eigenvalue weighted by molar-refractivity contribution is -0.194. The van der Waals surface area contributed by atoms with Crippen LogP contribution < -0.4 is 11.2 Å². The number of fused-ring (bicyclic) bond motifs is 1. The molecule has 216 valence electrons. The number of hydrogen-bond donors (Lipinski definition) is 2. The first-order chi connectivity index (χ1) is 19.2. The van der Waals surface area contributed by atoms with Gasteiger partial charge in [0, 0.05) is 25.0 Å². The van der Waals surface area contributed by atoms with Crippen LogP contribution in [0.5, 0.6) is 0 Å². The van der Waals surface area contributed by atoms with E-state index in [9.17, 15) is 29.1 Å². The van der Waals surface area contributed by atoms with Gasteiger partial charge in [0.1, 0.15) is 6.10 Å². The molecule has 2 aliphatic rings. The van der Waals surface area contributed by atoms with E-state index in [1.807, 2.05) is 13.8 Å². The summed E-state index contributed by atoms with van der Waals surface area (Å²) in [6, 6.07) is 6.13. The van der Waals surface area contributed by atoms with Crippen molar-refractivity contribution in [2.45, 2.75) is 70.5 Å². The fourth-order valence-electron chi connectivity index (χ4n) is 4.65. The number of aromatic nitrogens is 2. The summed E-state index contributed by atoms with van der Waals surface area (Å²) in [5.74, 6) is -2.97. The molecule has 2 aliphatic heterocycles. The Morgan fingerprint density at radius 1 is 1.05 bits per heavy atom. The smallest absolute Gasteiger partial charge is 0.341 e. The Morgan fingerprint density at radius 2 is 1.68 bits per heavy atom. The normalized spacial score (nSPS) is 24.1. The van der Waals surface area contributed by atoms with E-state index in [1.165, 1.54) is 25.3 Å². The van der Waals surface area contributed by atoms with Crippen LogP contribution in [0, 0.1) is 6.92 Å². The first-order valence-electron chi connectivity index (χ1n) is 13.2. The van der Waals surface area contributed by atoms with Gasteiger partial charge in [-0.15, -0.1) is 5.06 Å². The molecule has 2 N–H and O–H groups in total. The number of aliphatic carboxylic acids is 1. The summed E-state index contributed by atoms with van der Waals surface area (Å²) in [6.45, 7) is 5.20. The summed E-state index contributed by atoms with van der Waals surface area (Å²) in [4.78, 5) is 72.3. The van der Waals surface area contributed by atoms with Gasteiger partial charge in [0.15, 0.2) is 12.3 Å². The molecule has 40 heavy (non-hydrogen) atoms. The molecule has 1 aromatic carbocycles. The van der Waals surface area contributed by atoms with E-state index >= 15 is 0 Å². The van der Waals surface area contributed by atoms with Gasteiger partial charge in [-0.1, -0.05) is 38.8 Å². The number of rotatable bonds is 13. The Morgan fingerprint density at radius 3 is 2.27 bits per heavy atom. The van der Waals surface area contributed by atoms with Gasteiger partial charge in [0.05, 0.1) is 17.7 Å². The van der Waals surface area contributed by atoms with Crippen LogP contribution in [0.15, 0.2) is 40.1 Å². The van der Waals surface area contributed by atoms with Crippen molar-refractivity contribution in [3.05, 3.63) is 68.0 Å². The molecule has 13 heteroatoms. The van der Waals surface area contributed by atoms with E-state index in [4.69, 9.17) is 19.0 Å². The lowest BCUT2D eigenvalue weighted by Gasteiger charge is -2.31. The average Bonchev–Trinajstić information content (AvgIpc) is 3.37. The quantitative estimate of drug-likeness (QED) is 0.273. The van der Waals surface area contributed by atoms with E-state index in [-0.39, 0.29) is 29.9 Å². The molecule has 13 nitrogen and oxygen atoms in total. The maximum atomic E-state index is 13.2. The zero-order valence-electron chi connectivity index (χ0n) is 22.6. The highest BCUT2D eigenvalue weighted by atomic mass is 16.7. The minimum atomic E-state index is -2.18. The minimum absolute atomic E-state index is 0.1000. The van der Waals surface area contributed by atoms with Crippen molar-refractivity contribution in [2.24, 2.45) is 0 Å². The number of carbonyl (C=O) groups excluding carboxylic acids is 2. The number of H-pyrrole nitrogens is 1. The predicted octanol–water partition coefficient (Wildman–Crippen LogP) is 1.80. The van der Waals surface area contributed by atoms with Crippen LogP contribution in [0.4, 0.5) is 0 Å². The molecule has 2 amide bonds. The van der Waals surface area contributed by atoms with Gasteiger partial charge in [-0.05, 0) is 31.9 Å². The second kappa shape index (κ2) is 12.3. The number of hydroxylamine groups is 2. The second-order valence-corrected chi connectivity index (χ2v) is 9.75. The first-order valence-corrected chi connectivity index (χ1v) is 13.2. The minimum Gasteiger partial charge on any atom is -0.479 e. The molecular weight excluding hydrogens is 526 g/mol. The fraction of sp³-hybridized carbons (Fsp3) is 0.519. The van der Waals surface area contributed by atoms with Crippen molar-refractivity contribution >= 4 is 17.8 Å². The summed E-state index contributed by atoms with van der Waals surface area (Å²) < 4.78 is 18.8. The number of nitrogens with one attached hydrogen (secondary N) is 1. The zero-order valence-corrected chi connectivity index (χ0v) is 22.6. The number of ether oxygens (including phenoxy) is 3. The van der Waals surface area contributed by atoms with Gasteiger partial charge in [0.2, 0.25) is 5.60 Å². The molecule has 1 saturated heterocycles. The monoisotopic (exact) mass is 559 g/mol. The van der Waals surface area contributed by atoms with Crippen molar-refractivity contribution in [2.75, 3.05) is 19.8 Å². The van der Waals surface area contributed by atoms with Crippen molar-refractivity contribution in [3.63, 3.8) is 0 Å². The molecule has 0 spiro atoms. The van der Waals surface area contributed by atoms with Crippen LogP contribution in [0.3, 0.4) is 0 Å². The summed E-state index contributed by atoms with van der Waals surface area (Å²) in [7, 11) is 0. The summed E-state index contributed by atoms with van der Waals surface area (Å²) >= 11 is 0. The second-order valence-electron chi connectivity index (χ2n) is 9.75. The Hall–Kier alpha value is -3.65. The Labute approximate surface area is 229 Å². The molecule has 2 aromatic rings. The van der Waals surface area contributed by atoms with E-state index < -0.39 is 59.7 Å². The maximum Gasteiger partial charge on any atom is 0.341 e. The zero-order chi connectivity index (χ0) is 29.0. The SMILES string of the molecule is CCCCOC[C@@]1(C(=O)O)O[C@@H](n2cc(C)c(=O)[nH]c2=O)C(ON2C(=O)c3ccccc3C2=O)C1OCCCC. The number of carboxylic acid groups (broad SMARTS) is 1. The highest BCUT2D eigenvalue weighted by molar-refractivity contribution is 6.20. The molecule has 3 heterocycles. The first kappa shape index (κ1) is 29.3. The van der Waals surface area contributed by atoms with Gasteiger partial charge < -0.3 is 19.3 Å². The van der Waals surface area contributed by atoms with E-state index in [1.54, 1.807) is 12.1 Å². The number of amides is 2. The number of benzene rings is 1. The van der Waals surface area contributed by atoms with Crippen LogP contribution in [-0.2, 0) is 23.8 Å². The number of nitrogens with zero attached hydrogens (tertiary/aromatic N) is 2. The van der Waals surface area contributed by atoms with E-state index in [0.717, 1.165) is 17.4 Å². The fourth-order valence-corrected chi connectivity index (χ4v) is 4.65. The lowest BCUT2D eigenvalue weighted by Crippen LogP contribution is -2.56. The van der Waals surface area contributed by atoms with Gasteiger partial charge >= 0.3 is 11.7 Å². The number of carbonyl (C=O) groups is 3. The van der Waals surface area contributed by atoms with Crippen LogP contribution in [0.1, 0.15) is 72.0 Å². The van der Waals surface area contributed by atoms with Crippen LogP contribution >= 0.6 is 0 Å². The van der Waals surface area contributed by atoms with Crippen molar-refractivity contribution < 1.29 is 38.5 Å². The molecule has 1 fully saturated rings. The van der Waals surface area contributed by atoms with E-state index in [2.05, 4.69) is 4.98 Å². The van der Waals surface area contributed by atoms with Gasteiger partial charge in [-0.25, -0.2) is 9.59 Å². The molecule has 4 rings (SSSR count). The summed E-state index contributed by atoms with van der Waals surface area (Å²) in [5, 5.41) is 11.0. The summed E-state index contributed by atoms with van der Waals surface area (Å²) in [6.07, 6.45) is -0.489. The highest BCUT2D eigenvalue weighted by Gasteiger charge is 2.64. The average molecular weight is 560 g/mol. The van der Waals surface area contributed by atoms with Crippen LogP contribution in [-0.4, -0.2) is 75.1 Å². The van der Waals surface area contributed by atoms with Crippen molar-refractivity contribution in [1.29, 1.82) is 0 Å². The van der Waals surface area contributed by atoms with Crippen molar-refractivity contribution in [1.82, 2.24) is 14.6 Å². The standard InChI is InChI=1S/C27H33N3O10/c1-4-6-12-37-15-27(25(34)35)20(38-13-7-5-2)19(24(39-27)29-14-16(3)21(31)28-26(29)36)40-30-22(32)17-10-8-9-11-18(17)23(30)33/h8-11,14,19-20,24H,4-7,12-13,15H2,1-3H3,(H,34,35)(H,28,31,36)/t19?,20?,24-,27-/m1/s1. The third kappa shape index (κ3) is 5.37. The highest BCUT2D eigenvalue weighted by Crippen LogP contribution is 2.42. The number of hydrogen-bond acceptors (Lipinski definition) is 9. The Balaban J connectivity index is 1.81. The molecule has 1 aromatic heterocycles. The molecule has 0 saturated carbocycles. The number of unbranched alkanes of at least 4 members (excludes halogenated alkanes) is 2. The third-order valence-corrected chi connectivity index (χ3v) is 6.89. The van der Waals surface area contributed by atoms with Gasteiger partial charge in [0.25, 0.3) is 17.4 Å². The van der Waals surface area contributed by atoms with Gasteiger partial charge in [-0.3, -0.25) is 28.8 Å². The number of aromatic amines is 1. The summed E-state index contributed by atoms with van der Waals surface area (Å²) in [5.41, 5.74) is -3.37. The molecule has 4 atom stereocenters. The maximum absolute atomic E-state index is 13.2. The number of imide groups is 1. The molecule has 0 radical (unpaired) electrons. The van der Waals surface area contributed by atoms with E-state index in [0.29, 0.717) is 17.9 Å². The molecule has 0 bridgehead atoms. The number of carboxylic acids is 1. The van der Waals surface area contributed by atoms with Crippen LogP contribution in [0.2, 0.25) is 0 Å². The molecular formula is C27H33N3O10. The van der Waals surface area contributed by atoms with Crippen molar-refractivity contribution in [3.8, 4) is 0 Å². The Bertz CT molecular complexity index is 1350. The Kier molecular flexibility index (Phi) is 8.98. The molecule has 2 unspecified atom stereocenters. The van der Waals surface area contributed by atoms with Crippen LogP contribution in [0.25, 0.3) is 0 Å². The molecule has 0 aliphatic carbocycles. The van der Waals surface area contributed by atoms with Gasteiger partial charge in [-0.2, -0.15) is 0 Å². The third-order valence-electron chi connectivity index (χ3n) is 6.89. The predicted molar refractivity (Wildman–Crippen MR) is 139 cm³/mol.